The largest absolute Gasteiger partial charge is 0.376 e. The van der Waals surface area contributed by atoms with Crippen LogP contribution in [0.4, 0.5) is 5.69 Å². The summed E-state index contributed by atoms with van der Waals surface area (Å²) in [5.41, 5.74) is 4.12. The number of piperazine rings is 1. The van der Waals surface area contributed by atoms with Crippen molar-refractivity contribution < 1.29 is 4.74 Å². The Kier molecular flexibility index (Phi) is 5.17. The number of aryl methyl sites for hydroxylation is 1. The minimum atomic E-state index is 0.262. The highest BCUT2D eigenvalue weighted by Gasteiger charge is 2.22. The molecule has 0 spiro atoms. The smallest absolute Gasteiger partial charge is 0.165 e. The molecule has 2 aromatic rings. The van der Waals surface area contributed by atoms with Gasteiger partial charge in [0.25, 0.3) is 0 Å². The topological polar surface area (TPSA) is 59.3 Å². The van der Waals surface area contributed by atoms with Gasteiger partial charge in [-0.05, 0) is 54.3 Å². The first-order valence-electron chi connectivity index (χ1n) is 9.61. The molecule has 1 atom stereocenters. The molecule has 2 saturated heterocycles. The molecule has 3 heterocycles. The minimum absolute atomic E-state index is 0.262. The molecule has 4 rings (SSSR count). The first-order valence-corrected chi connectivity index (χ1v) is 9.61. The zero-order chi connectivity index (χ0) is 17.9. The number of nitrogens with zero attached hydrogens (tertiary/aromatic N) is 6. The van der Waals surface area contributed by atoms with Crippen LogP contribution in [0, 0.1) is 13.8 Å². The summed E-state index contributed by atoms with van der Waals surface area (Å²) in [6.45, 7) is 11.0. The van der Waals surface area contributed by atoms with Gasteiger partial charge in [0.1, 0.15) is 0 Å². The fraction of sp³-hybridized carbons (Fsp3) is 0.632. The maximum Gasteiger partial charge on any atom is 0.165 e. The highest BCUT2D eigenvalue weighted by molar-refractivity contribution is 5.56. The second kappa shape index (κ2) is 7.72. The molecule has 2 aliphatic rings. The Morgan fingerprint density at radius 3 is 2.77 bits per heavy atom. The predicted octanol–water partition coefficient (Wildman–Crippen LogP) is 1.79. The number of hydrogen-bond donors (Lipinski definition) is 0. The van der Waals surface area contributed by atoms with Crippen molar-refractivity contribution >= 4 is 5.69 Å². The second-order valence-corrected chi connectivity index (χ2v) is 7.39. The molecule has 0 N–H and O–H groups in total. The van der Waals surface area contributed by atoms with Gasteiger partial charge >= 0.3 is 0 Å². The molecule has 1 aromatic heterocycles. The molecule has 7 nitrogen and oxygen atoms in total. The molecular formula is C19H28N6O. The van der Waals surface area contributed by atoms with Crippen molar-refractivity contribution in [3.05, 3.63) is 35.2 Å². The van der Waals surface area contributed by atoms with Gasteiger partial charge in [-0.1, -0.05) is 12.1 Å². The molecule has 0 amide bonds. The average molecular weight is 356 g/mol. The van der Waals surface area contributed by atoms with Crippen LogP contribution in [-0.4, -0.2) is 64.0 Å². The van der Waals surface area contributed by atoms with E-state index in [1.807, 2.05) is 4.68 Å². The van der Waals surface area contributed by atoms with E-state index in [9.17, 15) is 0 Å². The lowest BCUT2D eigenvalue weighted by Crippen LogP contribution is -2.46. The van der Waals surface area contributed by atoms with Crippen molar-refractivity contribution in [1.82, 2.24) is 25.1 Å². The normalized spacial score (nSPS) is 21.5. The number of tetrazole rings is 1. The van der Waals surface area contributed by atoms with Gasteiger partial charge in [0.2, 0.25) is 0 Å². The van der Waals surface area contributed by atoms with Crippen molar-refractivity contribution in [2.75, 3.05) is 37.7 Å². The van der Waals surface area contributed by atoms with Gasteiger partial charge in [-0.3, -0.25) is 4.90 Å². The molecule has 0 bridgehead atoms. The first kappa shape index (κ1) is 17.4. The summed E-state index contributed by atoms with van der Waals surface area (Å²) < 4.78 is 7.64. The number of anilines is 1. The Balaban J connectivity index is 1.34. The number of benzene rings is 1. The van der Waals surface area contributed by atoms with Gasteiger partial charge in [-0.2, -0.15) is 0 Å². The zero-order valence-corrected chi connectivity index (χ0v) is 15.8. The van der Waals surface area contributed by atoms with Gasteiger partial charge in [-0.15, -0.1) is 5.10 Å². The van der Waals surface area contributed by atoms with Crippen molar-refractivity contribution in [1.29, 1.82) is 0 Å². The molecule has 0 aliphatic carbocycles. The third-order valence-electron chi connectivity index (χ3n) is 5.66. The molecule has 0 saturated carbocycles. The van der Waals surface area contributed by atoms with Gasteiger partial charge in [0.05, 0.1) is 19.2 Å². The van der Waals surface area contributed by atoms with Crippen LogP contribution in [0.5, 0.6) is 0 Å². The average Bonchev–Trinajstić information content (AvgIpc) is 3.31. The first-order chi connectivity index (χ1) is 12.7. The van der Waals surface area contributed by atoms with Crippen LogP contribution in [-0.2, 0) is 17.8 Å². The van der Waals surface area contributed by atoms with Gasteiger partial charge < -0.3 is 9.64 Å². The molecule has 26 heavy (non-hydrogen) atoms. The van der Waals surface area contributed by atoms with Crippen LogP contribution < -0.4 is 4.90 Å². The summed E-state index contributed by atoms with van der Waals surface area (Å²) in [4.78, 5) is 4.94. The number of aromatic nitrogens is 4. The predicted molar refractivity (Wildman–Crippen MR) is 100 cm³/mol. The van der Waals surface area contributed by atoms with Crippen molar-refractivity contribution in [3.8, 4) is 0 Å². The third-order valence-corrected chi connectivity index (χ3v) is 5.66. The zero-order valence-electron chi connectivity index (χ0n) is 15.8. The maximum atomic E-state index is 5.72. The molecule has 2 aliphatic heterocycles. The highest BCUT2D eigenvalue weighted by Crippen LogP contribution is 2.24. The van der Waals surface area contributed by atoms with E-state index in [0.717, 1.165) is 64.5 Å². The molecule has 1 aromatic carbocycles. The van der Waals surface area contributed by atoms with Crippen molar-refractivity contribution in [2.45, 2.75) is 45.9 Å². The lowest BCUT2D eigenvalue weighted by atomic mass is 10.1. The fourth-order valence-corrected chi connectivity index (χ4v) is 3.88. The quantitative estimate of drug-likeness (QED) is 0.814. The molecule has 0 unspecified atom stereocenters. The van der Waals surface area contributed by atoms with E-state index in [0.29, 0.717) is 0 Å². The maximum absolute atomic E-state index is 5.72. The number of rotatable bonds is 5. The standard InChI is InChI=1S/C19H28N6O/c1-15-5-3-7-18(16(15)2)24-10-8-23(9-11-24)14-19-20-21-22-25(19)13-17-6-4-12-26-17/h3,5,7,17H,4,6,8-14H2,1-2H3/t17-/m1/s1. The van der Waals surface area contributed by atoms with Crippen LogP contribution in [0.1, 0.15) is 29.8 Å². The molecule has 7 heteroatoms. The van der Waals surface area contributed by atoms with E-state index >= 15 is 0 Å². The van der Waals surface area contributed by atoms with Crippen LogP contribution in [0.25, 0.3) is 0 Å². The van der Waals surface area contributed by atoms with Crippen molar-refractivity contribution in [3.63, 3.8) is 0 Å². The minimum Gasteiger partial charge on any atom is -0.376 e. The number of hydrogen-bond acceptors (Lipinski definition) is 6. The summed E-state index contributed by atoms with van der Waals surface area (Å²) in [6, 6.07) is 6.58. The van der Waals surface area contributed by atoms with E-state index in [1.54, 1.807) is 0 Å². The third kappa shape index (κ3) is 3.73. The lowest BCUT2D eigenvalue weighted by molar-refractivity contribution is 0.0916. The molecular weight excluding hydrogens is 328 g/mol. The Labute approximate surface area is 154 Å². The van der Waals surface area contributed by atoms with Gasteiger partial charge in [-0.25, -0.2) is 4.68 Å². The van der Waals surface area contributed by atoms with Crippen LogP contribution in [0.3, 0.4) is 0 Å². The summed E-state index contributed by atoms with van der Waals surface area (Å²) in [6.07, 6.45) is 2.51. The Morgan fingerprint density at radius 1 is 1.15 bits per heavy atom. The van der Waals surface area contributed by atoms with Crippen LogP contribution in [0.15, 0.2) is 18.2 Å². The van der Waals surface area contributed by atoms with E-state index in [2.05, 4.69) is 57.4 Å². The highest BCUT2D eigenvalue weighted by atomic mass is 16.5. The van der Waals surface area contributed by atoms with E-state index < -0.39 is 0 Å². The van der Waals surface area contributed by atoms with E-state index in [-0.39, 0.29) is 6.10 Å². The molecule has 0 radical (unpaired) electrons. The summed E-state index contributed by atoms with van der Waals surface area (Å²) in [5, 5.41) is 12.3. The van der Waals surface area contributed by atoms with E-state index in [4.69, 9.17) is 4.74 Å². The Bertz CT molecular complexity index is 731. The number of ether oxygens (including phenoxy) is 1. The van der Waals surface area contributed by atoms with Gasteiger partial charge in [0.15, 0.2) is 5.82 Å². The van der Waals surface area contributed by atoms with Gasteiger partial charge in [0, 0.05) is 38.5 Å². The lowest BCUT2D eigenvalue weighted by Gasteiger charge is -2.36. The summed E-state index contributed by atoms with van der Waals surface area (Å²) in [7, 11) is 0. The molecule has 140 valence electrons. The second-order valence-electron chi connectivity index (χ2n) is 7.39. The fourth-order valence-electron chi connectivity index (χ4n) is 3.88. The summed E-state index contributed by atoms with van der Waals surface area (Å²) >= 11 is 0. The Hall–Kier alpha value is -1.99. The Morgan fingerprint density at radius 2 is 2.00 bits per heavy atom. The van der Waals surface area contributed by atoms with Crippen LogP contribution in [0.2, 0.25) is 0 Å². The SMILES string of the molecule is Cc1cccc(N2CCN(Cc3nnnn3C[C@H]3CCCO3)CC2)c1C. The molecule has 2 fully saturated rings. The van der Waals surface area contributed by atoms with E-state index in [1.165, 1.54) is 16.8 Å². The monoisotopic (exact) mass is 356 g/mol. The van der Waals surface area contributed by atoms with Crippen LogP contribution >= 0.6 is 0 Å². The van der Waals surface area contributed by atoms with Crippen molar-refractivity contribution in [2.24, 2.45) is 0 Å². The summed E-state index contributed by atoms with van der Waals surface area (Å²) in [5.74, 6) is 0.945.